The van der Waals surface area contributed by atoms with Gasteiger partial charge in [0.05, 0.1) is 0 Å². The van der Waals surface area contributed by atoms with Crippen molar-refractivity contribution in [1.29, 1.82) is 0 Å². The number of hydrogen-bond acceptors (Lipinski definition) is 1. The predicted molar refractivity (Wildman–Crippen MR) is 15.7 cm³/mol. The summed E-state index contributed by atoms with van der Waals surface area (Å²) in [4.78, 5) is 9.01. The van der Waals surface area contributed by atoms with Gasteiger partial charge in [-0.25, -0.2) is 4.39 Å². The molecule has 0 aliphatic rings. The van der Waals surface area contributed by atoms with Crippen LogP contribution in [-0.4, -0.2) is 6.29 Å². The van der Waals surface area contributed by atoms with Crippen LogP contribution in [0.5, 0.6) is 0 Å². The number of hydrogen-bond donors (Lipinski definition) is 0. The zero-order valence-electron chi connectivity index (χ0n) is 2.57. The van der Waals surface area contributed by atoms with Gasteiger partial charge in [-0.1, -0.05) is 0 Å². The van der Waals surface area contributed by atoms with Crippen LogP contribution in [0.15, 0.2) is 0 Å². The molecule has 0 saturated heterocycles. The van der Waals surface area contributed by atoms with Crippen molar-refractivity contribution in [2.45, 2.75) is 6.42 Å². The van der Waals surface area contributed by atoms with Gasteiger partial charge in [0.15, 0.2) is 0 Å². The van der Waals surface area contributed by atoms with Crippen LogP contribution in [0.3, 0.4) is 0 Å². The molecule has 5 heavy (non-hydrogen) atoms. The van der Waals surface area contributed by atoms with Crippen LogP contribution in [0.25, 0.3) is 0 Å². The molecule has 0 N–H and O–H groups in total. The van der Waals surface area contributed by atoms with Crippen molar-refractivity contribution >= 4 is 6.29 Å². The molecule has 0 aromatic rings. The molecule has 0 aromatic heterocycles. The molecule has 1 nitrogen and oxygen atoms in total. The minimum atomic E-state index is -0.208. The molecular weight excluding hydrogens is 71.0 g/mol. The molecule has 0 heterocycles. The van der Waals surface area contributed by atoms with Crippen LogP contribution >= 0.6 is 0 Å². The van der Waals surface area contributed by atoms with Crippen molar-refractivity contribution in [3.8, 4) is 0 Å². The highest BCUT2D eigenvalue weighted by Crippen LogP contribution is 1.77. The molecule has 0 aliphatic heterocycles. The summed E-state index contributed by atoms with van der Waals surface area (Å²) in [5.74, 6) is 0. The van der Waals surface area contributed by atoms with E-state index in [9.17, 15) is 4.39 Å². The van der Waals surface area contributed by atoms with Gasteiger partial charge < -0.3 is 0 Å². The molecule has 0 saturated carbocycles. The highest BCUT2D eigenvalue weighted by molar-refractivity contribution is 5.51. The molecule has 2 radical (unpaired) electrons. The summed E-state index contributed by atoms with van der Waals surface area (Å²) >= 11 is 0. The fourth-order valence-corrected chi connectivity index (χ4v) is 0.0315. The van der Waals surface area contributed by atoms with Crippen molar-refractivity contribution < 1.29 is 9.18 Å². The van der Waals surface area contributed by atoms with E-state index in [1.807, 2.05) is 0 Å². The first-order chi connectivity index (χ1) is 2.41. The lowest BCUT2D eigenvalue weighted by Crippen LogP contribution is -1.64. The fraction of sp³-hybridized carbons (Fsp3) is 0.333. The Balaban J connectivity index is 2.40. The molecule has 0 bridgehead atoms. The first-order valence-electron chi connectivity index (χ1n) is 1.18. The Morgan fingerprint density at radius 2 is 2.60 bits per heavy atom. The maximum absolute atomic E-state index is 10.6. The number of carbonyl (C=O) groups excluding carboxylic acids is 1. The summed E-state index contributed by atoms with van der Waals surface area (Å²) in [5.41, 5.74) is 0. The van der Waals surface area contributed by atoms with Gasteiger partial charge in [-0.2, -0.15) is 0 Å². The Kier molecular flexibility index (Phi) is 3.31. The van der Waals surface area contributed by atoms with E-state index in [0.717, 1.165) is 0 Å². The summed E-state index contributed by atoms with van der Waals surface area (Å²) in [6.45, 7) is 0.257. The average molecular weight is 74.1 g/mol. The summed E-state index contributed by atoms with van der Waals surface area (Å²) in [7, 11) is 0. The normalized spacial score (nSPS) is 7.40. The predicted octanol–water partition coefficient (Wildman–Crippen LogP) is 0.617. The SMILES string of the molecule is O=[C]C[CH]F. The highest BCUT2D eigenvalue weighted by Gasteiger charge is 1.74. The van der Waals surface area contributed by atoms with Crippen LogP contribution in [-0.2, 0) is 4.79 Å². The van der Waals surface area contributed by atoms with E-state index >= 15 is 0 Å². The van der Waals surface area contributed by atoms with Crippen molar-refractivity contribution in [2.75, 3.05) is 0 Å². The third-order valence-electron chi connectivity index (χ3n) is 0.160. The molecular formula is C3H3FO. The van der Waals surface area contributed by atoms with Gasteiger partial charge in [-0.15, -0.1) is 0 Å². The largest absolute Gasteiger partial charge is 0.291 e. The average Bonchev–Trinajstić information content (AvgIpc) is 1.41. The Morgan fingerprint density at radius 3 is 2.60 bits per heavy atom. The monoisotopic (exact) mass is 74.0 g/mol. The van der Waals surface area contributed by atoms with Gasteiger partial charge in [0.2, 0.25) is 6.29 Å². The molecule has 0 fully saturated rings. The number of halogens is 1. The summed E-state index contributed by atoms with van der Waals surface area (Å²) < 4.78 is 10.6. The van der Waals surface area contributed by atoms with Crippen LogP contribution in [0, 0.1) is 6.67 Å². The standard InChI is InChI=1S/C3H3FO/c4-2-1-3-5/h2H,1H2. The number of rotatable bonds is 2. The van der Waals surface area contributed by atoms with E-state index < -0.39 is 0 Å². The van der Waals surface area contributed by atoms with E-state index in [2.05, 4.69) is 0 Å². The Labute approximate surface area is 29.8 Å². The van der Waals surface area contributed by atoms with Gasteiger partial charge >= 0.3 is 0 Å². The molecule has 0 spiro atoms. The third-order valence-corrected chi connectivity index (χ3v) is 0.160. The summed E-state index contributed by atoms with van der Waals surface area (Å²) in [6, 6.07) is 0. The minimum absolute atomic E-state index is 0.208. The first-order valence-corrected chi connectivity index (χ1v) is 1.18. The van der Waals surface area contributed by atoms with Crippen molar-refractivity contribution in [3.05, 3.63) is 6.67 Å². The van der Waals surface area contributed by atoms with E-state index in [-0.39, 0.29) is 13.1 Å². The van der Waals surface area contributed by atoms with Gasteiger partial charge in [0.25, 0.3) is 0 Å². The van der Waals surface area contributed by atoms with Crippen LogP contribution < -0.4 is 0 Å². The molecule has 0 aliphatic carbocycles. The smallest absolute Gasteiger partial charge is 0.201 e. The zero-order valence-corrected chi connectivity index (χ0v) is 2.57. The lowest BCUT2D eigenvalue weighted by molar-refractivity contribution is 0.539. The molecule has 0 unspecified atom stereocenters. The zero-order chi connectivity index (χ0) is 4.12. The lowest BCUT2D eigenvalue weighted by Gasteiger charge is -1.62. The second-order valence-electron chi connectivity index (χ2n) is 0.503. The Hall–Kier alpha value is -0.400. The highest BCUT2D eigenvalue weighted by atomic mass is 19.1. The maximum Gasteiger partial charge on any atom is 0.201 e. The fourth-order valence-electron chi connectivity index (χ4n) is 0.0315. The lowest BCUT2D eigenvalue weighted by atomic mass is 10.5. The Bertz CT molecular complexity index is 28.1. The van der Waals surface area contributed by atoms with Gasteiger partial charge in [-0.3, -0.25) is 4.79 Å². The molecule has 2 heteroatoms. The quantitative estimate of drug-likeness (QED) is 0.469. The summed E-state index contributed by atoms with van der Waals surface area (Å²) in [6.07, 6.45) is 1.13. The van der Waals surface area contributed by atoms with Gasteiger partial charge in [0.1, 0.15) is 6.67 Å². The van der Waals surface area contributed by atoms with Gasteiger partial charge in [0, 0.05) is 6.42 Å². The maximum atomic E-state index is 10.6. The van der Waals surface area contributed by atoms with Crippen molar-refractivity contribution in [2.24, 2.45) is 0 Å². The second kappa shape index (κ2) is 3.60. The van der Waals surface area contributed by atoms with Crippen LogP contribution in [0.2, 0.25) is 0 Å². The third kappa shape index (κ3) is 3.60. The van der Waals surface area contributed by atoms with E-state index in [0.29, 0.717) is 0 Å². The second-order valence-corrected chi connectivity index (χ2v) is 0.503. The molecule has 0 atom stereocenters. The Morgan fingerprint density at radius 1 is 2.00 bits per heavy atom. The van der Waals surface area contributed by atoms with E-state index in [1.165, 1.54) is 6.29 Å². The molecule has 28 valence electrons. The van der Waals surface area contributed by atoms with E-state index in [4.69, 9.17) is 4.79 Å². The minimum Gasteiger partial charge on any atom is -0.291 e. The summed E-state index contributed by atoms with van der Waals surface area (Å²) in [5, 5.41) is 0. The van der Waals surface area contributed by atoms with Crippen LogP contribution in [0.1, 0.15) is 6.42 Å². The molecule has 0 amide bonds. The molecule has 0 rings (SSSR count). The van der Waals surface area contributed by atoms with Crippen LogP contribution in [0.4, 0.5) is 4.39 Å². The van der Waals surface area contributed by atoms with E-state index in [1.54, 1.807) is 0 Å². The van der Waals surface area contributed by atoms with Crippen molar-refractivity contribution in [3.63, 3.8) is 0 Å². The topological polar surface area (TPSA) is 17.1 Å². The first kappa shape index (κ1) is 4.60. The van der Waals surface area contributed by atoms with Crippen molar-refractivity contribution in [1.82, 2.24) is 0 Å². The molecule has 0 aromatic carbocycles. The van der Waals surface area contributed by atoms with Gasteiger partial charge in [-0.05, 0) is 0 Å².